The van der Waals surface area contributed by atoms with E-state index >= 15 is 0 Å². The summed E-state index contributed by atoms with van der Waals surface area (Å²) >= 11 is 0. The smallest absolute Gasteiger partial charge is 0.0849 e. The molecular formula is C55H66N6. The van der Waals surface area contributed by atoms with Crippen molar-refractivity contribution in [3.63, 3.8) is 0 Å². The van der Waals surface area contributed by atoms with E-state index in [-0.39, 0.29) is 0 Å². The number of aromatic nitrogens is 2. The van der Waals surface area contributed by atoms with Crippen LogP contribution in [0.5, 0.6) is 0 Å². The van der Waals surface area contributed by atoms with Crippen LogP contribution in [-0.4, -0.2) is 32.8 Å². The summed E-state index contributed by atoms with van der Waals surface area (Å²) in [6.07, 6.45) is 5.04. The van der Waals surface area contributed by atoms with E-state index in [4.69, 9.17) is 29.9 Å². The molecule has 0 bridgehead atoms. The van der Waals surface area contributed by atoms with Crippen LogP contribution < -0.4 is 0 Å². The van der Waals surface area contributed by atoms with Crippen LogP contribution in [0.2, 0.25) is 0 Å². The van der Waals surface area contributed by atoms with Crippen molar-refractivity contribution in [3.05, 3.63) is 183 Å². The monoisotopic (exact) mass is 811 g/mol. The second-order valence-corrected chi connectivity index (χ2v) is 16.6. The Morgan fingerprint density at radius 1 is 0.541 bits per heavy atom. The van der Waals surface area contributed by atoms with Crippen LogP contribution in [0.25, 0.3) is 0 Å². The normalized spacial score (nSPS) is 13.2. The van der Waals surface area contributed by atoms with Gasteiger partial charge in [0.2, 0.25) is 0 Å². The van der Waals surface area contributed by atoms with Gasteiger partial charge in [0.25, 0.3) is 0 Å². The second-order valence-electron chi connectivity index (χ2n) is 16.6. The fourth-order valence-corrected chi connectivity index (χ4v) is 7.00. The third-order valence-corrected chi connectivity index (χ3v) is 10.7. The average molecular weight is 811 g/mol. The Morgan fingerprint density at radius 2 is 0.934 bits per heavy atom. The first-order valence-corrected chi connectivity index (χ1v) is 21.3. The highest BCUT2D eigenvalue weighted by molar-refractivity contribution is 6.03. The topological polar surface area (TPSA) is 75.2 Å². The van der Waals surface area contributed by atoms with Gasteiger partial charge in [0.15, 0.2) is 0 Å². The lowest BCUT2D eigenvalue weighted by Crippen LogP contribution is -2.05. The number of nitrogens with zero attached hydrogens (tertiary/aromatic N) is 6. The molecule has 0 aliphatic heterocycles. The molecule has 5 rings (SSSR count). The fraction of sp³-hybridized carbons (Fsp3) is 0.309. The molecule has 2 heterocycles. The number of rotatable bonds is 13. The minimum absolute atomic E-state index is 0.491. The maximum Gasteiger partial charge on any atom is 0.0849 e. The third-order valence-electron chi connectivity index (χ3n) is 10.7. The molecule has 61 heavy (non-hydrogen) atoms. The number of allylic oxidation sites excluding steroid dienone is 4. The number of benzene rings is 3. The van der Waals surface area contributed by atoms with Crippen molar-refractivity contribution in [3.8, 4) is 0 Å². The van der Waals surface area contributed by atoms with Crippen molar-refractivity contribution >= 4 is 39.9 Å². The Labute approximate surface area is 366 Å². The largest absolute Gasteiger partial charge is 0.256 e. The molecule has 0 saturated heterocycles. The summed E-state index contributed by atoms with van der Waals surface area (Å²) in [4.78, 5) is 29.8. The summed E-state index contributed by atoms with van der Waals surface area (Å²) in [5.41, 5.74) is 20.4. The van der Waals surface area contributed by atoms with Crippen LogP contribution in [-0.2, 0) is 6.42 Å². The lowest BCUT2D eigenvalue weighted by atomic mass is 9.96. The van der Waals surface area contributed by atoms with Crippen molar-refractivity contribution in [2.45, 2.75) is 109 Å². The lowest BCUT2D eigenvalue weighted by molar-refractivity contribution is 0.769. The summed E-state index contributed by atoms with van der Waals surface area (Å²) < 4.78 is 0. The van der Waals surface area contributed by atoms with Gasteiger partial charge in [-0.2, -0.15) is 0 Å². The maximum absolute atomic E-state index is 5.11. The first-order chi connectivity index (χ1) is 29.0. The zero-order chi connectivity index (χ0) is 45.0. The molecular weight excluding hydrogens is 745 g/mol. The number of hydrogen-bond donors (Lipinski definition) is 0. The van der Waals surface area contributed by atoms with Gasteiger partial charge in [0.05, 0.1) is 62.7 Å². The molecule has 0 saturated carbocycles. The van der Waals surface area contributed by atoms with E-state index in [0.717, 1.165) is 97.1 Å². The fourth-order valence-electron chi connectivity index (χ4n) is 7.00. The van der Waals surface area contributed by atoms with Gasteiger partial charge in [-0.25, -0.2) is 9.97 Å². The van der Waals surface area contributed by atoms with Crippen LogP contribution in [0.3, 0.4) is 0 Å². The Hall–Kier alpha value is -6.14. The molecule has 3 aromatic carbocycles. The van der Waals surface area contributed by atoms with Crippen molar-refractivity contribution < 1.29 is 0 Å². The van der Waals surface area contributed by atoms with Gasteiger partial charge in [0.1, 0.15) is 0 Å². The summed E-state index contributed by atoms with van der Waals surface area (Å²) in [6.45, 7) is 35.6. The van der Waals surface area contributed by atoms with Crippen LogP contribution in [0.4, 0.5) is 17.1 Å². The molecule has 0 radical (unpaired) electrons. The van der Waals surface area contributed by atoms with E-state index in [1.54, 1.807) is 0 Å². The summed E-state index contributed by atoms with van der Waals surface area (Å²) in [5, 5.41) is 0. The quantitative estimate of drug-likeness (QED) is 0.0675. The third kappa shape index (κ3) is 13.2. The van der Waals surface area contributed by atoms with Crippen LogP contribution in [0, 0.1) is 33.6 Å². The van der Waals surface area contributed by atoms with Gasteiger partial charge >= 0.3 is 0 Å². The Bertz CT molecular complexity index is 2480. The SMILES string of the molecule is C=C.CC(=N/C(C)=C/C=C(\C)C(C)C)c1cccc(C(C)=Nc2c(C)cc(Cc3cc(C)c(N=C(C)c4cccc(C(C)=Nc5ccc(C(C)C)cc5)n4)c(C)c3)cc2C)n1. The van der Waals surface area contributed by atoms with E-state index in [0.29, 0.717) is 11.8 Å². The molecule has 0 spiro atoms. The molecule has 6 nitrogen and oxygen atoms in total. The molecule has 0 atom stereocenters. The molecule has 2 aromatic heterocycles. The molecule has 0 aliphatic rings. The summed E-state index contributed by atoms with van der Waals surface area (Å²) in [5.74, 6) is 1.00. The van der Waals surface area contributed by atoms with Crippen LogP contribution >= 0.6 is 0 Å². The Morgan fingerprint density at radius 3 is 1.33 bits per heavy atom. The van der Waals surface area contributed by atoms with Crippen molar-refractivity contribution in [2.24, 2.45) is 25.9 Å². The van der Waals surface area contributed by atoms with E-state index in [1.807, 2.05) is 71.0 Å². The second kappa shape index (κ2) is 21.9. The van der Waals surface area contributed by atoms with E-state index in [1.165, 1.54) is 22.3 Å². The molecule has 6 heteroatoms. The maximum atomic E-state index is 5.11. The van der Waals surface area contributed by atoms with Gasteiger partial charge in [-0.3, -0.25) is 20.0 Å². The van der Waals surface area contributed by atoms with Crippen molar-refractivity contribution in [1.82, 2.24) is 9.97 Å². The summed E-state index contributed by atoms with van der Waals surface area (Å²) in [6, 6.07) is 29.6. The Kier molecular flexibility index (Phi) is 17.1. The van der Waals surface area contributed by atoms with Crippen molar-refractivity contribution in [1.29, 1.82) is 0 Å². The van der Waals surface area contributed by atoms with Crippen LogP contribution in [0.15, 0.2) is 141 Å². The van der Waals surface area contributed by atoms with Gasteiger partial charge in [-0.05, 0) is 169 Å². The molecule has 0 unspecified atom stereocenters. The van der Waals surface area contributed by atoms with Gasteiger partial charge < -0.3 is 0 Å². The molecule has 316 valence electrons. The molecule has 0 N–H and O–H groups in total. The number of aryl methyl sites for hydroxylation is 4. The molecule has 0 amide bonds. The number of aliphatic imine (C=N–C) groups is 4. The highest BCUT2D eigenvalue weighted by Crippen LogP contribution is 2.31. The standard InChI is InChI=1S/C53H62N6.C2H4/c1-32(2)34(5)21-22-39(10)54-40(11)48-17-15-19-50(58-48)42(13)56-52-35(6)27-44(28-36(52)7)31-45-29-37(8)53(38(9)30-45)57-43(14)51-20-16-18-49(59-51)41(12)55-47-25-23-46(24-26-47)33(3)4;1-2/h15-30,32-33H,31H2,1-14H3;1-2H2/b34-21+,39-22+,54-40?,55-41?,56-42?,57-43?;. The van der Waals surface area contributed by atoms with Gasteiger partial charge in [0, 0.05) is 5.70 Å². The van der Waals surface area contributed by atoms with Crippen LogP contribution in [0.1, 0.15) is 137 Å². The predicted molar refractivity (Wildman–Crippen MR) is 265 cm³/mol. The minimum Gasteiger partial charge on any atom is -0.256 e. The minimum atomic E-state index is 0.491. The Balaban J connectivity index is 0.00000403. The first-order valence-electron chi connectivity index (χ1n) is 21.3. The van der Waals surface area contributed by atoms with Gasteiger partial charge in [-0.15, -0.1) is 13.2 Å². The highest BCUT2D eigenvalue weighted by atomic mass is 14.8. The number of hydrogen-bond acceptors (Lipinski definition) is 6. The molecule has 0 fully saturated rings. The van der Waals surface area contributed by atoms with Gasteiger partial charge in [-0.1, -0.05) is 87.9 Å². The molecule has 5 aromatic rings. The van der Waals surface area contributed by atoms with E-state index in [2.05, 4.69) is 136 Å². The number of pyridine rings is 2. The first kappa shape index (κ1) is 47.5. The predicted octanol–water partition coefficient (Wildman–Crippen LogP) is 15.0. The average Bonchev–Trinajstić information content (AvgIpc) is 3.23. The lowest BCUT2D eigenvalue weighted by Gasteiger charge is -2.13. The molecule has 0 aliphatic carbocycles. The highest BCUT2D eigenvalue weighted by Gasteiger charge is 2.12. The van der Waals surface area contributed by atoms with E-state index in [9.17, 15) is 0 Å². The zero-order valence-corrected chi connectivity index (χ0v) is 39.2. The zero-order valence-electron chi connectivity index (χ0n) is 39.2. The van der Waals surface area contributed by atoms with E-state index < -0.39 is 0 Å². The summed E-state index contributed by atoms with van der Waals surface area (Å²) in [7, 11) is 0. The van der Waals surface area contributed by atoms with Crippen molar-refractivity contribution in [2.75, 3.05) is 0 Å².